The van der Waals surface area contributed by atoms with E-state index in [1.165, 1.54) is 43.2 Å². The summed E-state index contributed by atoms with van der Waals surface area (Å²) in [7, 11) is 0. The lowest BCUT2D eigenvalue weighted by Gasteiger charge is -2.54. The Balaban J connectivity index is 2.12. The van der Waals surface area contributed by atoms with Crippen molar-refractivity contribution in [2.75, 3.05) is 0 Å². The number of fused-ring (bicyclic) bond motifs is 3. The number of rotatable bonds is 1. The van der Waals surface area contributed by atoms with Crippen molar-refractivity contribution in [2.45, 2.75) is 78.1 Å². The zero-order valence-corrected chi connectivity index (χ0v) is 14.3. The standard InChI is InChI=1S/C20H30O/c1-13(2)15-11-14-7-8-18-19(3,4)9-6-10-20(18,5)16(14)12-17(15)21/h11-13,18,21H,6-10H2,1-5H3/t18?,20-/m1/s1. The number of benzene rings is 1. The van der Waals surface area contributed by atoms with Gasteiger partial charge in [-0.05, 0) is 71.1 Å². The second-order valence-corrected chi connectivity index (χ2v) is 8.57. The Morgan fingerprint density at radius 1 is 1.14 bits per heavy atom. The summed E-state index contributed by atoms with van der Waals surface area (Å²) in [5.74, 6) is 1.65. The number of phenols is 1. The molecular weight excluding hydrogens is 256 g/mol. The maximum atomic E-state index is 10.5. The van der Waals surface area contributed by atoms with Crippen molar-refractivity contribution in [3.8, 4) is 5.75 Å². The first-order valence-corrected chi connectivity index (χ1v) is 8.62. The van der Waals surface area contributed by atoms with Crippen LogP contribution in [0.3, 0.4) is 0 Å². The minimum absolute atomic E-state index is 0.252. The second-order valence-electron chi connectivity index (χ2n) is 8.57. The first-order valence-electron chi connectivity index (χ1n) is 8.62. The molecule has 116 valence electrons. The lowest BCUT2D eigenvalue weighted by Crippen LogP contribution is -2.47. The van der Waals surface area contributed by atoms with Gasteiger partial charge in [0.15, 0.2) is 0 Å². The van der Waals surface area contributed by atoms with Crippen LogP contribution in [0.5, 0.6) is 5.75 Å². The summed E-state index contributed by atoms with van der Waals surface area (Å²) in [6, 6.07) is 4.40. The Morgan fingerprint density at radius 2 is 1.86 bits per heavy atom. The van der Waals surface area contributed by atoms with Crippen LogP contribution in [0.4, 0.5) is 0 Å². The van der Waals surface area contributed by atoms with Crippen LogP contribution < -0.4 is 0 Å². The van der Waals surface area contributed by atoms with Gasteiger partial charge >= 0.3 is 0 Å². The Labute approximate surface area is 129 Å². The zero-order chi connectivity index (χ0) is 15.4. The topological polar surface area (TPSA) is 20.2 Å². The lowest BCUT2D eigenvalue weighted by atomic mass is 9.50. The lowest BCUT2D eigenvalue weighted by molar-refractivity contribution is 0.0405. The van der Waals surface area contributed by atoms with E-state index in [9.17, 15) is 5.11 Å². The molecule has 0 amide bonds. The highest BCUT2D eigenvalue weighted by molar-refractivity contribution is 5.48. The largest absolute Gasteiger partial charge is 0.508 e. The molecule has 21 heavy (non-hydrogen) atoms. The van der Waals surface area contributed by atoms with Gasteiger partial charge in [0.25, 0.3) is 0 Å². The maximum absolute atomic E-state index is 10.5. The van der Waals surface area contributed by atoms with Crippen molar-refractivity contribution >= 4 is 0 Å². The molecule has 0 heterocycles. The summed E-state index contributed by atoms with van der Waals surface area (Å²) in [5.41, 5.74) is 4.73. The molecule has 1 nitrogen and oxygen atoms in total. The van der Waals surface area contributed by atoms with Crippen molar-refractivity contribution in [1.29, 1.82) is 0 Å². The molecule has 3 rings (SSSR count). The summed E-state index contributed by atoms with van der Waals surface area (Å²) < 4.78 is 0. The van der Waals surface area contributed by atoms with E-state index in [0.717, 1.165) is 11.5 Å². The monoisotopic (exact) mass is 286 g/mol. The van der Waals surface area contributed by atoms with Gasteiger partial charge in [0, 0.05) is 0 Å². The summed E-state index contributed by atoms with van der Waals surface area (Å²) in [6.45, 7) is 11.7. The molecule has 1 unspecified atom stereocenters. The van der Waals surface area contributed by atoms with Crippen molar-refractivity contribution in [1.82, 2.24) is 0 Å². The van der Waals surface area contributed by atoms with E-state index in [1.54, 1.807) is 0 Å². The van der Waals surface area contributed by atoms with Gasteiger partial charge in [0.2, 0.25) is 0 Å². The third-order valence-electron chi connectivity index (χ3n) is 6.42. The van der Waals surface area contributed by atoms with Gasteiger partial charge in [-0.2, -0.15) is 0 Å². The minimum atomic E-state index is 0.252. The average Bonchev–Trinajstić information content (AvgIpc) is 2.37. The summed E-state index contributed by atoms with van der Waals surface area (Å²) in [4.78, 5) is 0. The molecule has 2 aliphatic rings. The number of aromatic hydroxyl groups is 1. The van der Waals surface area contributed by atoms with E-state index in [-0.39, 0.29) is 5.41 Å². The van der Waals surface area contributed by atoms with Crippen LogP contribution >= 0.6 is 0 Å². The third kappa shape index (κ3) is 2.20. The third-order valence-corrected chi connectivity index (χ3v) is 6.42. The fraction of sp³-hybridized carbons (Fsp3) is 0.700. The fourth-order valence-corrected chi connectivity index (χ4v) is 5.31. The molecular formula is C20H30O. The van der Waals surface area contributed by atoms with Crippen molar-refractivity contribution in [3.63, 3.8) is 0 Å². The van der Waals surface area contributed by atoms with Crippen LogP contribution in [-0.2, 0) is 11.8 Å². The number of aryl methyl sites for hydroxylation is 1. The van der Waals surface area contributed by atoms with Gasteiger partial charge in [-0.15, -0.1) is 0 Å². The molecule has 1 saturated carbocycles. The fourth-order valence-electron chi connectivity index (χ4n) is 5.31. The molecule has 0 aliphatic heterocycles. The second kappa shape index (κ2) is 4.76. The first kappa shape index (κ1) is 14.9. The molecule has 0 bridgehead atoms. The van der Waals surface area contributed by atoms with Crippen LogP contribution in [0.15, 0.2) is 12.1 Å². The Morgan fingerprint density at radius 3 is 2.52 bits per heavy atom. The number of hydrogen-bond acceptors (Lipinski definition) is 1. The van der Waals surface area contributed by atoms with Crippen molar-refractivity contribution < 1.29 is 5.11 Å². The van der Waals surface area contributed by atoms with Crippen molar-refractivity contribution in [3.05, 3.63) is 28.8 Å². The van der Waals surface area contributed by atoms with Crippen LogP contribution in [0, 0.1) is 11.3 Å². The van der Waals surface area contributed by atoms with Crippen molar-refractivity contribution in [2.24, 2.45) is 11.3 Å². The smallest absolute Gasteiger partial charge is 0.119 e. The molecule has 2 aliphatic carbocycles. The highest BCUT2D eigenvalue weighted by Gasteiger charge is 2.49. The Hall–Kier alpha value is -0.980. The van der Waals surface area contributed by atoms with E-state index in [0.29, 0.717) is 17.1 Å². The van der Waals surface area contributed by atoms with Crippen LogP contribution in [0.2, 0.25) is 0 Å². The van der Waals surface area contributed by atoms with Crippen LogP contribution in [0.1, 0.15) is 82.9 Å². The molecule has 0 radical (unpaired) electrons. The quantitative estimate of drug-likeness (QED) is 0.718. The van der Waals surface area contributed by atoms with Gasteiger partial charge in [0.1, 0.15) is 5.75 Å². The molecule has 0 aromatic heterocycles. The normalized spacial score (nSPS) is 30.9. The first-order chi connectivity index (χ1) is 9.75. The van der Waals surface area contributed by atoms with Gasteiger partial charge < -0.3 is 5.11 Å². The molecule has 1 heteroatoms. The zero-order valence-electron chi connectivity index (χ0n) is 14.3. The molecule has 1 aromatic rings. The highest BCUT2D eigenvalue weighted by Crippen LogP contribution is 2.57. The average molecular weight is 286 g/mol. The summed E-state index contributed by atoms with van der Waals surface area (Å²) >= 11 is 0. The predicted molar refractivity (Wildman–Crippen MR) is 89.0 cm³/mol. The summed E-state index contributed by atoms with van der Waals surface area (Å²) in [5, 5.41) is 10.5. The predicted octanol–water partition coefficient (Wildman–Crippen LogP) is 5.55. The number of hydrogen-bond donors (Lipinski definition) is 1. The number of phenolic OH excluding ortho intramolecular Hbond substituents is 1. The van der Waals surface area contributed by atoms with E-state index in [1.807, 2.05) is 0 Å². The Kier molecular flexibility index (Phi) is 3.39. The Bertz CT molecular complexity index is 555. The minimum Gasteiger partial charge on any atom is -0.508 e. The summed E-state index contributed by atoms with van der Waals surface area (Å²) in [6.07, 6.45) is 6.41. The van der Waals surface area contributed by atoms with Crippen LogP contribution in [-0.4, -0.2) is 5.11 Å². The van der Waals surface area contributed by atoms with E-state index in [4.69, 9.17) is 0 Å². The van der Waals surface area contributed by atoms with Gasteiger partial charge in [-0.25, -0.2) is 0 Å². The molecule has 2 atom stereocenters. The molecule has 0 spiro atoms. The highest BCUT2D eigenvalue weighted by atomic mass is 16.3. The molecule has 1 fully saturated rings. The molecule has 1 aromatic carbocycles. The van der Waals surface area contributed by atoms with E-state index in [2.05, 4.69) is 46.8 Å². The van der Waals surface area contributed by atoms with Gasteiger partial charge in [0.05, 0.1) is 0 Å². The van der Waals surface area contributed by atoms with Gasteiger partial charge in [-0.3, -0.25) is 0 Å². The SMILES string of the molecule is CC(C)c1cc2c(cc1O)[C@@]1(C)CCCC(C)(C)C1CC2. The van der Waals surface area contributed by atoms with E-state index >= 15 is 0 Å². The van der Waals surface area contributed by atoms with Crippen LogP contribution in [0.25, 0.3) is 0 Å². The van der Waals surface area contributed by atoms with Gasteiger partial charge in [-0.1, -0.05) is 47.1 Å². The van der Waals surface area contributed by atoms with E-state index < -0.39 is 0 Å². The maximum Gasteiger partial charge on any atom is 0.119 e. The molecule has 1 N–H and O–H groups in total. The molecule has 0 saturated heterocycles.